The van der Waals surface area contributed by atoms with Gasteiger partial charge in [-0.15, -0.1) is 0 Å². The molecule has 12 heteroatoms. The molecule has 0 spiro atoms. The number of hydrogen-bond acceptors (Lipinski definition) is 5. The molecule has 1 unspecified atom stereocenters. The molecular weight excluding hydrogens is 499 g/mol. The molecule has 2 aromatic carbocycles. The Kier molecular flexibility index (Phi) is 7.01. The lowest BCUT2D eigenvalue weighted by Crippen LogP contribution is -2.40. The molecule has 1 aliphatic rings. The lowest BCUT2D eigenvalue weighted by atomic mass is 10.0. The Morgan fingerprint density at radius 1 is 1.25 bits per heavy atom. The maximum atomic E-state index is 13.5. The van der Waals surface area contributed by atoms with Gasteiger partial charge >= 0.3 is 6.18 Å². The standard InChI is InChI=1S/C24H19ClF3N5O3/c1-13-8-14(11-29)9-16(22(34)30-12-15-6-7-36-15)21(13)31-23(35)19-10-20(24(26,27)28)32-33(19)18-5-3-2-4-17(18)25/h2-5,8-10,15H,6-7,12H2,1H3,(H,30,34)(H,31,35). The van der Waals surface area contributed by atoms with Crippen molar-refractivity contribution in [3.8, 4) is 11.8 Å². The van der Waals surface area contributed by atoms with E-state index in [0.29, 0.717) is 18.2 Å². The Morgan fingerprint density at radius 2 is 1.97 bits per heavy atom. The van der Waals surface area contributed by atoms with Gasteiger partial charge in [0.25, 0.3) is 11.8 Å². The maximum Gasteiger partial charge on any atom is 0.435 e. The number of alkyl halides is 3. The van der Waals surface area contributed by atoms with E-state index < -0.39 is 29.4 Å². The van der Waals surface area contributed by atoms with Crippen LogP contribution in [0.5, 0.6) is 0 Å². The van der Waals surface area contributed by atoms with Crippen molar-refractivity contribution in [3.63, 3.8) is 0 Å². The molecule has 0 radical (unpaired) electrons. The molecule has 186 valence electrons. The third-order valence-corrected chi connectivity index (χ3v) is 5.86. The van der Waals surface area contributed by atoms with Gasteiger partial charge < -0.3 is 15.4 Å². The summed E-state index contributed by atoms with van der Waals surface area (Å²) in [4.78, 5) is 26.2. The first kappa shape index (κ1) is 25.2. The number of benzene rings is 2. The summed E-state index contributed by atoms with van der Waals surface area (Å²) in [7, 11) is 0. The number of aromatic nitrogens is 2. The van der Waals surface area contributed by atoms with Crippen LogP contribution < -0.4 is 10.6 Å². The molecule has 1 aromatic heterocycles. The fraction of sp³-hybridized carbons (Fsp3) is 0.250. The monoisotopic (exact) mass is 517 g/mol. The second-order valence-corrected chi connectivity index (χ2v) is 8.46. The molecule has 36 heavy (non-hydrogen) atoms. The van der Waals surface area contributed by atoms with Crippen molar-refractivity contribution < 1.29 is 27.5 Å². The van der Waals surface area contributed by atoms with Crippen LogP contribution in [0.25, 0.3) is 5.69 Å². The summed E-state index contributed by atoms with van der Waals surface area (Å²) in [5, 5.41) is 18.2. The molecule has 1 saturated heterocycles. The van der Waals surface area contributed by atoms with Crippen LogP contribution in [0.1, 0.15) is 44.1 Å². The molecule has 2 heterocycles. The molecule has 0 bridgehead atoms. The number of aryl methyl sites for hydroxylation is 1. The summed E-state index contributed by atoms with van der Waals surface area (Å²) in [6, 6.07) is 11.3. The highest BCUT2D eigenvalue weighted by atomic mass is 35.5. The Balaban J connectivity index is 1.72. The number of hydrogen-bond donors (Lipinski definition) is 2. The van der Waals surface area contributed by atoms with Gasteiger partial charge in [0.1, 0.15) is 5.69 Å². The number of carbonyl (C=O) groups excluding carboxylic acids is 2. The Hall–Kier alpha value is -3.88. The molecule has 0 saturated carbocycles. The van der Waals surface area contributed by atoms with Crippen LogP contribution in [0.4, 0.5) is 18.9 Å². The van der Waals surface area contributed by atoms with E-state index in [-0.39, 0.29) is 40.2 Å². The average Bonchev–Trinajstić information content (AvgIpc) is 3.25. The SMILES string of the molecule is Cc1cc(C#N)cc(C(=O)NCC2CCO2)c1NC(=O)c1cc(C(F)(F)F)nn1-c1ccccc1Cl. The number of amides is 2. The normalized spacial score (nSPS) is 15.1. The summed E-state index contributed by atoms with van der Waals surface area (Å²) in [6.45, 7) is 2.40. The lowest BCUT2D eigenvalue weighted by Gasteiger charge is -2.26. The molecule has 1 fully saturated rings. The fourth-order valence-electron chi connectivity index (χ4n) is 3.61. The molecule has 0 aliphatic carbocycles. The molecule has 2 amide bonds. The van der Waals surface area contributed by atoms with E-state index in [0.717, 1.165) is 11.1 Å². The molecule has 1 atom stereocenters. The molecule has 2 N–H and O–H groups in total. The van der Waals surface area contributed by atoms with Crippen LogP contribution in [0, 0.1) is 18.3 Å². The largest absolute Gasteiger partial charge is 0.435 e. The van der Waals surface area contributed by atoms with Crippen LogP contribution in [-0.4, -0.2) is 40.9 Å². The number of halogens is 4. The van der Waals surface area contributed by atoms with Crippen LogP contribution in [-0.2, 0) is 10.9 Å². The van der Waals surface area contributed by atoms with Crippen molar-refractivity contribution >= 4 is 29.1 Å². The lowest BCUT2D eigenvalue weighted by molar-refractivity contribution is -0.141. The summed E-state index contributed by atoms with van der Waals surface area (Å²) in [5.41, 5.74) is -1.10. The third kappa shape index (κ3) is 5.19. The van der Waals surface area contributed by atoms with Crippen molar-refractivity contribution in [2.75, 3.05) is 18.5 Å². The van der Waals surface area contributed by atoms with Crippen molar-refractivity contribution in [2.24, 2.45) is 0 Å². The minimum absolute atomic E-state index is 0.0147. The molecule has 1 aliphatic heterocycles. The van der Waals surface area contributed by atoms with Crippen molar-refractivity contribution in [3.05, 3.63) is 75.6 Å². The van der Waals surface area contributed by atoms with E-state index in [1.807, 2.05) is 6.07 Å². The van der Waals surface area contributed by atoms with Gasteiger partial charge in [0, 0.05) is 19.2 Å². The highest BCUT2D eigenvalue weighted by molar-refractivity contribution is 6.32. The summed E-state index contributed by atoms with van der Waals surface area (Å²) in [5.74, 6) is -1.53. The average molecular weight is 518 g/mol. The highest BCUT2D eigenvalue weighted by Gasteiger charge is 2.36. The van der Waals surface area contributed by atoms with Crippen molar-refractivity contribution in [1.82, 2.24) is 15.1 Å². The quantitative estimate of drug-likeness (QED) is 0.500. The van der Waals surface area contributed by atoms with E-state index in [2.05, 4.69) is 15.7 Å². The van der Waals surface area contributed by atoms with Gasteiger partial charge in [0.2, 0.25) is 0 Å². The number of nitrogens with zero attached hydrogens (tertiary/aromatic N) is 3. The second-order valence-electron chi connectivity index (χ2n) is 8.05. The van der Waals surface area contributed by atoms with Crippen molar-refractivity contribution in [1.29, 1.82) is 5.26 Å². The number of rotatable bonds is 6. The maximum absolute atomic E-state index is 13.5. The van der Waals surface area contributed by atoms with Gasteiger partial charge in [-0.1, -0.05) is 23.7 Å². The molecule has 3 aromatic rings. The summed E-state index contributed by atoms with van der Waals surface area (Å²) >= 11 is 6.15. The zero-order chi connectivity index (χ0) is 26.0. The van der Waals surface area contributed by atoms with Crippen LogP contribution in [0.2, 0.25) is 5.02 Å². The summed E-state index contributed by atoms with van der Waals surface area (Å²) < 4.78 is 46.4. The fourth-order valence-corrected chi connectivity index (χ4v) is 3.83. The van der Waals surface area contributed by atoms with E-state index in [1.165, 1.54) is 30.3 Å². The van der Waals surface area contributed by atoms with E-state index in [4.69, 9.17) is 16.3 Å². The highest BCUT2D eigenvalue weighted by Crippen LogP contribution is 2.32. The van der Waals surface area contributed by atoms with E-state index in [1.54, 1.807) is 13.0 Å². The molecular formula is C24H19ClF3N5O3. The predicted octanol–water partition coefficient (Wildman–Crippen LogP) is 4.50. The Labute approximate surface area is 208 Å². The van der Waals surface area contributed by atoms with Gasteiger partial charge in [0.15, 0.2) is 5.69 Å². The van der Waals surface area contributed by atoms with Gasteiger partial charge in [0.05, 0.1) is 39.7 Å². The van der Waals surface area contributed by atoms with Gasteiger partial charge in [-0.05, 0) is 43.2 Å². The third-order valence-electron chi connectivity index (χ3n) is 5.54. The smallest absolute Gasteiger partial charge is 0.376 e. The number of nitrogens with one attached hydrogen (secondary N) is 2. The summed E-state index contributed by atoms with van der Waals surface area (Å²) in [6.07, 6.45) is -4.16. The molecule has 8 nitrogen and oxygen atoms in total. The number of carbonyl (C=O) groups is 2. The topological polar surface area (TPSA) is 109 Å². The van der Waals surface area contributed by atoms with E-state index in [9.17, 15) is 28.0 Å². The minimum Gasteiger partial charge on any atom is -0.376 e. The van der Waals surface area contributed by atoms with Gasteiger partial charge in [-0.3, -0.25) is 9.59 Å². The van der Waals surface area contributed by atoms with Crippen LogP contribution >= 0.6 is 11.6 Å². The zero-order valence-corrected chi connectivity index (χ0v) is 19.6. The first-order valence-corrected chi connectivity index (χ1v) is 11.1. The Morgan fingerprint density at radius 3 is 2.58 bits per heavy atom. The first-order chi connectivity index (χ1) is 17.1. The second kappa shape index (κ2) is 10.0. The minimum atomic E-state index is -4.82. The number of ether oxygens (including phenoxy) is 1. The first-order valence-electron chi connectivity index (χ1n) is 10.8. The number of anilines is 1. The van der Waals surface area contributed by atoms with Crippen molar-refractivity contribution in [2.45, 2.75) is 25.6 Å². The Bertz CT molecular complexity index is 1380. The van der Waals surface area contributed by atoms with Gasteiger partial charge in [-0.25, -0.2) is 4.68 Å². The number of nitriles is 1. The zero-order valence-electron chi connectivity index (χ0n) is 18.8. The molecule has 4 rings (SSSR count). The van der Waals surface area contributed by atoms with Gasteiger partial charge in [-0.2, -0.15) is 23.5 Å². The van der Waals surface area contributed by atoms with Crippen LogP contribution in [0.15, 0.2) is 42.5 Å². The van der Waals surface area contributed by atoms with E-state index >= 15 is 0 Å². The van der Waals surface area contributed by atoms with Crippen LogP contribution in [0.3, 0.4) is 0 Å². The number of para-hydroxylation sites is 1. The predicted molar refractivity (Wildman–Crippen MR) is 124 cm³/mol.